The topological polar surface area (TPSA) is 128 Å². The lowest BCUT2D eigenvalue weighted by Crippen LogP contribution is -2.73. The summed E-state index contributed by atoms with van der Waals surface area (Å²) in [5, 5.41) is 23.5. The number of carbonyl (C=O) groups excluding carboxylic acids is 2. The molecule has 0 aromatic carbocycles. The minimum absolute atomic E-state index is 0. The highest BCUT2D eigenvalue weighted by atomic mass is 35.5. The zero-order chi connectivity index (χ0) is 28.9. The highest BCUT2D eigenvalue weighted by Crippen LogP contribution is 2.37. The van der Waals surface area contributed by atoms with Crippen LogP contribution >= 0.6 is 37.2 Å². The fourth-order valence-corrected chi connectivity index (χ4v) is 6.51. The van der Waals surface area contributed by atoms with Gasteiger partial charge in [0.1, 0.15) is 29.7 Å². The molecule has 5 rings (SSSR count). The molecule has 0 radical (unpaired) electrons. The molecule has 1 spiro atoms. The number of pyridine rings is 2. The molecule has 2 amide bonds. The predicted molar refractivity (Wildman–Crippen MR) is 175 cm³/mol. The number of aliphatic hydroxyl groups is 1. The van der Waals surface area contributed by atoms with Gasteiger partial charge in [0.05, 0.1) is 29.4 Å². The Bertz CT molecular complexity index is 1190. The smallest absolute Gasteiger partial charge is 0.246 e. The maximum atomic E-state index is 13.8. The largest absolute Gasteiger partial charge is 0.506 e. The molecule has 3 N–H and O–H groups in total. The number of piperazine rings is 1. The van der Waals surface area contributed by atoms with Crippen molar-refractivity contribution in [3.05, 3.63) is 48.0 Å². The number of nitrogens with one attached hydrogen (secondary N) is 1. The third-order valence-electron chi connectivity index (χ3n) is 8.97. The summed E-state index contributed by atoms with van der Waals surface area (Å²) in [4.78, 5) is 40.3. The van der Waals surface area contributed by atoms with E-state index in [0.29, 0.717) is 69.7 Å². The van der Waals surface area contributed by atoms with E-state index >= 15 is 0 Å². The van der Waals surface area contributed by atoms with Crippen molar-refractivity contribution < 1.29 is 24.5 Å². The van der Waals surface area contributed by atoms with Crippen LogP contribution in [-0.2, 0) is 22.7 Å². The van der Waals surface area contributed by atoms with E-state index < -0.39 is 17.2 Å². The summed E-state index contributed by atoms with van der Waals surface area (Å²) in [6.45, 7) is 4.97. The number of aromatic hydroxyl groups is 1. The number of hydrogen-bond donors (Lipinski definition) is 3. The van der Waals surface area contributed by atoms with Gasteiger partial charge in [0.25, 0.3) is 0 Å². The third-order valence-corrected chi connectivity index (χ3v) is 8.97. The van der Waals surface area contributed by atoms with Gasteiger partial charge in [-0.3, -0.25) is 24.5 Å². The van der Waals surface area contributed by atoms with E-state index in [2.05, 4.69) is 27.1 Å². The number of nitrogens with zero attached hydrogens (tertiary/aromatic N) is 4. The van der Waals surface area contributed by atoms with Crippen LogP contribution in [0.4, 0.5) is 0 Å². The molecule has 0 bridgehead atoms. The fourth-order valence-electron chi connectivity index (χ4n) is 6.51. The van der Waals surface area contributed by atoms with E-state index in [0.717, 1.165) is 37.8 Å². The second-order valence-corrected chi connectivity index (χ2v) is 11.9. The summed E-state index contributed by atoms with van der Waals surface area (Å²) in [7, 11) is 0. The van der Waals surface area contributed by atoms with Crippen LogP contribution in [-0.4, -0.2) is 78.6 Å². The number of unbranched alkanes of at least 4 members (excludes halogenated alkanes) is 1. The molecule has 246 valence electrons. The number of rotatable bonds is 10. The van der Waals surface area contributed by atoms with E-state index in [1.807, 2.05) is 17.0 Å². The molecule has 0 unspecified atom stereocenters. The molecule has 2 saturated heterocycles. The van der Waals surface area contributed by atoms with Crippen molar-refractivity contribution in [2.24, 2.45) is 0 Å². The van der Waals surface area contributed by atoms with Crippen molar-refractivity contribution >= 4 is 49.0 Å². The first-order chi connectivity index (χ1) is 19.8. The van der Waals surface area contributed by atoms with Crippen LogP contribution in [0.5, 0.6) is 11.5 Å². The van der Waals surface area contributed by atoms with Crippen LogP contribution < -0.4 is 10.1 Å². The fraction of sp³-hybridized carbons (Fsp3) is 0.613. The van der Waals surface area contributed by atoms with Gasteiger partial charge in [-0.1, -0.05) is 32.6 Å². The van der Waals surface area contributed by atoms with Crippen LogP contribution in [0.3, 0.4) is 0 Å². The molecule has 1 saturated carbocycles. The summed E-state index contributed by atoms with van der Waals surface area (Å²) in [6, 6.07) is 6.46. The Balaban J connectivity index is 0.00000225. The Hall–Kier alpha value is -2.37. The maximum absolute atomic E-state index is 13.8. The summed E-state index contributed by atoms with van der Waals surface area (Å²) in [5.41, 5.74) is -0.0825. The van der Waals surface area contributed by atoms with Gasteiger partial charge in [0, 0.05) is 32.6 Å². The second kappa shape index (κ2) is 16.8. The molecule has 4 heterocycles. The van der Waals surface area contributed by atoms with Gasteiger partial charge in [0.2, 0.25) is 11.8 Å². The molecular weight excluding hydrogens is 629 g/mol. The van der Waals surface area contributed by atoms with E-state index in [4.69, 9.17) is 4.74 Å². The van der Waals surface area contributed by atoms with Crippen molar-refractivity contribution in [1.29, 1.82) is 0 Å². The van der Waals surface area contributed by atoms with Crippen molar-refractivity contribution in [2.45, 2.75) is 101 Å². The van der Waals surface area contributed by atoms with Gasteiger partial charge < -0.3 is 25.2 Å². The standard InChI is InChI=1S/C31H43N5O5.3ClH/c1-2-3-15-36-28(38)27(18-30(40)11-5-4-6-12-30)34-29(39)31(36)13-16-35(17-14-31)21-23-8-10-26(20-33-23)41-22-24-7-9-25(37)19-32-24;;;/h7-10,19-20,27,37,40H,2-6,11-18,21-22H2,1H3,(H,34,39);3*1H/t27-;;;/m1.../s1. The second-order valence-electron chi connectivity index (χ2n) is 11.9. The Labute approximate surface area is 278 Å². The highest BCUT2D eigenvalue weighted by molar-refractivity contribution is 6.00. The van der Waals surface area contributed by atoms with Gasteiger partial charge in [-0.25, -0.2) is 0 Å². The lowest BCUT2D eigenvalue weighted by molar-refractivity contribution is -0.163. The molecule has 1 aliphatic carbocycles. The van der Waals surface area contributed by atoms with Crippen molar-refractivity contribution in [2.75, 3.05) is 19.6 Å². The van der Waals surface area contributed by atoms with E-state index in [-0.39, 0.29) is 61.4 Å². The Morgan fingerprint density at radius 3 is 2.25 bits per heavy atom. The van der Waals surface area contributed by atoms with Crippen LogP contribution in [0.2, 0.25) is 0 Å². The van der Waals surface area contributed by atoms with Gasteiger partial charge >= 0.3 is 0 Å². The Morgan fingerprint density at radius 1 is 0.955 bits per heavy atom. The van der Waals surface area contributed by atoms with Gasteiger partial charge in [-0.2, -0.15) is 0 Å². The average Bonchev–Trinajstić information content (AvgIpc) is 2.98. The molecular formula is C31H46Cl3N5O5. The lowest BCUT2D eigenvalue weighted by Gasteiger charge is -2.52. The lowest BCUT2D eigenvalue weighted by atomic mass is 9.77. The van der Waals surface area contributed by atoms with E-state index in [9.17, 15) is 19.8 Å². The van der Waals surface area contributed by atoms with E-state index in [1.165, 1.54) is 6.20 Å². The summed E-state index contributed by atoms with van der Waals surface area (Å²) < 4.78 is 5.76. The predicted octanol–water partition coefficient (Wildman–Crippen LogP) is 4.57. The number of carbonyl (C=O) groups is 2. The summed E-state index contributed by atoms with van der Waals surface area (Å²) in [6.07, 6.45) is 10.8. The number of amides is 2. The van der Waals surface area contributed by atoms with E-state index in [1.54, 1.807) is 18.3 Å². The Morgan fingerprint density at radius 2 is 1.64 bits per heavy atom. The number of likely N-dealkylation sites (tertiary alicyclic amines) is 1. The number of aromatic nitrogens is 2. The zero-order valence-electron chi connectivity index (χ0n) is 25.3. The molecule has 10 nitrogen and oxygen atoms in total. The summed E-state index contributed by atoms with van der Waals surface area (Å²) in [5.74, 6) is 0.647. The van der Waals surface area contributed by atoms with Crippen molar-refractivity contribution in [3.63, 3.8) is 0 Å². The number of ether oxygens (including phenoxy) is 1. The van der Waals surface area contributed by atoms with Gasteiger partial charge in [0.15, 0.2) is 0 Å². The first-order valence-corrected chi connectivity index (χ1v) is 15.1. The van der Waals surface area contributed by atoms with Crippen LogP contribution in [0.25, 0.3) is 0 Å². The SMILES string of the molecule is CCCCN1C(=O)[C@@H](CC2(O)CCCCC2)NC(=O)C12CCN(Cc1ccc(OCc3ccc(O)cn3)cn1)CC2.Cl.Cl.Cl. The van der Waals surface area contributed by atoms with Crippen molar-refractivity contribution in [1.82, 2.24) is 25.1 Å². The number of piperidine rings is 1. The molecule has 3 aliphatic rings. The van der Waals surface area contributed by atoms with Gasteiger partial charge in [-0.05, 0) is 56.4 Å². The summed E-state index contributed by atoms with van der Waals surface area (Å²) >= 11 is 0. The molecule has 2 aromatic heterocycles. The van der Waals surface area contributed by atoms with Crippen LogP contribution in [0.15, 0.2) is 36.7 Å². The van der Waals surface area contributed by atoms with Crippen LogP contribution in [0, 0.1) is 0 Å². The Kier molecular flexibility index (Phi) is 14.4. The van der Waals surface area contributed by atoms with Gasteiger partial charge in [-0.15, -0.1) is 37.2 Å². The highest BCUT2D eigenvalue weighted by Gasteiger charge is 2.54. The molecule has 2 aromatic rings. The third kappa shape index (κ3) is 8.88. The van der Waals surface area contributed by atoms with Crippen molar-refractivity contribution in [3.8, 4) is 11.5 Å². The molecule has 2 aliphatic heterocycles. The number of hydrogen-bond acceptors (Lipinski definition) is 8. The minimum atomic E-state index is -0.869. The number of halogens is 3. The minimum Gasteiger partial charge on any atom is -0.506 e. The quantitative estimate of drug-likeness (QED) is 0.335. The molecule has 44 heavy (non-hydrogen) atoms. The zero-order valence-corrected chi connectivity index (χ0v) is 27.7. The first-order valence-electron chi connectivity index (χ1n) is 15.1. The molecule has 1 atom stereocenters. The molecule has 3 fully saturated rings. The average molecular weight is 675 g/mol. The van der Waals surface area contributed by atoms with Crippen LogP contribution in [0.1, 0.15) is 82.5 Å². The normalized spacial score (nSPS) is 21.0. The molecule has 13 heteroatoms. The monoisotopic (exact) mass is 673 g/mol. The first kappa shape index (κ1) is 37.8. The maximum Gasteiger partial charge on any atom is 0.246 e.